The van der Waals surface area contributed by atoms with E-state index in [9.17, 15) is 19.5 Å². The molecule has 0 aliphatic heterocycles. The summed E-state index contributed by atoms with van der Waals surface area (Å²) in [6.07, 6.45) is 0.0103. The number of hydrogen-bond acceptors (Lipinski definition) is 11. The standard InChI is InChI=1S/C27H26N4O6.C17H15N3O2/c1-19-25(29-31(28-19)21-8-4-3-5-9-21)18-36-24-10-6-7-20(15-24)16-30(17-26(32)33)27(34)37-23-13-11-22(35-2)12-14-23;1-13-17(12-22-16-9-5-6-14(10-16)11-21)19-20(18-13)15-7-3-2-4-8-15/h3-15H,16-18H2,1-2H3,(H,32,33);2-11H,12H2,1H3. The van der Waals surface area contributed by atoms with Crippen molar-refractivity contribution in [3.8, 4) is 34.4 Å². The first-order valence-corrected chi connectivity index (χ1v) is 18.4. The summed E-state index contributed by atoms with van der Waals surface area (Å²) >= 11 is 0. The number of nitrogens with zero attached hydrogens (tertiary/aromatic N) is 7. The summed E-state index contributed by atoms with van der Waals surface area (Å²) in [5.41, 5.74) is 6.02. The number of hydrogen-bond donors (Lipinski definition) is 1. The Kier molecular flexibility index (Phi) is 13.8. The number of ether oxygens (including phenoxy) is 4. The van der Waals surface area contributed by atoms with E-state index in [-0.39, 0.29) is 18.9 Å². The fraction of sp³-hybridized carbons (Fsp3) is 0.159. The predicted octanol–water partition coefficient (Wildman–Crippen LogP) is 7.22. The van der Waals surface area contributed by atoms with Crippen molar-refractivity contribution in [1.82, 2.24) is 34.9 Å². The van der Waals surface area contributed by atoms with Crippen molar-refractivity contribution in [3.05, 3.63) is 167 Å². The fourth-order valence-electron chi connectivity index (χ4n) is 5.53. The zero-order chi connectivity index (χ0) is 41.6. The van der Waals surface area contributed by atoms with Crippen LogP contribution in [0.3, 0.4) is 0 Å². The molecule has 0 fully saturated rings. The normalized spacial score (nSPS) is 10.5. The molecular formula is C44H41N7O8. The van der Waals surface area contributed by atoms with Gasteiger partial charge in [0.05, 0.1) is 29.9 Å². The SMILES string of the molecule is COc1ccc(OC(=O)N(CC(=O)O)Cc2cccc(OCc3nn(-c4ccccc4)nc3C)c2)cc1.Cc1nn(-c2ccccc2)nc1COc1cccc(C=O)c1. The summed E-state index contributed by atoms with van der Waals surface area (Å²) in [5, 5.41) is 27.1. The highest BCUT2D eigenvalue weighted by atomic mass is 16.6. The molecule has 2 aromatic heterocycles. The topological polar surface area (TPSA) is 173 Å². The second-order valence-corrected chi connectivity index (χ2v) is 12.9. The first-order valence-electron chi connectivity index (χ1n) is 18.4. The number of carboxylic acid groups (broad SMARTS) is 1. The minimum absolute atomic E-state index is 0.0156. The van der Waals surface area contributed by atoms with Crippen molar-refractivity contribution in [1.29, 1.82) is 0 Å². The molecule has 0 saturated carbocycles. The van der Waals surface area contributed by atoms with Crippen LogP contribution in [0.2, 0.25) is 0 Å². The van der Waals surface area contributed by atoms with E-state index in [0.29, 0.717) is 40.7 Å². The minimum atomic E-state index is -1.16. The van der Waals surface area contributed by atoms with E-state index in [4.69, 9.17) is 18.9 Å². The molecular weight excluding hydrogens is 755 g/mol. The number of aryl methyl sites for hydroxylation is 2. The zero-order valence-electron chi connectivity index (χ0n) is 32.5. The molecule has 7 aromatic rings. The van der Waals surface area contributed by atoms with Crippen LogP contribution in [0.25, 0.3) is 11.4 Å². The van der Waals surface area contributed by atoms with Crippen LogP contribution in [0.5, 0.6) is 23.0 Å². The minimum Gasteiger partial charge on any atom is -0.497 e. The van der Waals surface area contributed by atoms with Crippen molar-refractivity contribution < 1.29 is 38.4 Å². The number of amides is 1. The van der Waals surface area contributed by atoms with Gasteiger partial charge in [0.2, 0.25) is 0 Å². The van der Waals surface area contributed by atoms with Gasteiger partial charge >= 0.3 is 12.1 Å². The van der Waals surface area contributed by atoms with Gasteiger partial charge in [-0.25, -0.2) is 4.79 Å². The maximum absolute atomic E-state index is 12.7. The maximum atomic E-state index is 12.7. The molecule has 15 nitrogen and oxygen atoms in total. The number of aliphatic carboxylic acids is 1. The van der Waals surface area contributed by atoms with Gasteiger partial charge in [0.15, 0.2) is 0 Å². The van der Waals surface area contributed by atoms with Crippen molar-refractivity contribution in [2.45, 2.75) is 33.6 Å². The lowest BCUT2D eigenvalue weighted by Crippen LogP contribution is -2.37. The molecule has 5 aromatic carbocycles. The molecule has 0 atom stereocenters. The van der Waals surface area contributed by atoms with E-state index in [1.165, 1.54) is 7.11 Å². The molecule has 0 unspecified atom stereocenters. The Morgan fingerprint density at radius 3 is 1.69 bits per heavy atom. The van der Waals surface area contributed by atoms with E-state index in [1.54, 1.807) is 76.3 Å². The number of carbonyl (C=O) groups excluding carboxylic acids is 2. The smallest absolute Gasteiger partial charge is 0.416 e. The molecule has 0 radical (unpaired) electrons. The lowest BCUT2D eigenvalue weighted by atomic mass is 10.2. The quantitative estimate of drug-likeness (QED) is 0.103. The highest BCUT2D eigenvalue weighted by Crippen LogP contribution is 2.21. The van der Waals surface area contributed by atoms with Crippen LogP contribution in [0.1, 0.15) is 38.7 Å². The van der Waals surface area contributed by atoms with E-state index < -0.39 is 18.6 Å². The van der Waals surface area contributed by atoms with Crippen LogP contribution in [-0.4, -0.2) is 72.0 Å². The monoisotopic (exact) mass is 795 g/mol. The summed E-state index contributed by atoms with van der Waals surface area (Å²) in [6.45, 7) is 3.75. The molecule has 0 aliphatic rings. The third-order valence-corrected chi connectivity index (χ3v) is 8.60. The predicted molar refractivity (Wildman–Crippen MR) is 216 cm³/mol. The molecule has 59 heavy (non-hydrogen) atoms. The summed E-state index contributed by atoms with van der Waals surface area (Å²) in [4.78, 5) is 39.1. The summed E-state index contributed by atoms with van der Waals surface area (Å²) < 4.78 is 22.1. The van der Waals surface area contributed by atoms with Gasteiger partial charge < -0.3 is 24.1 Å². The summed E-state index contributed by atoms with van der Waals surface area (Å²) in [6, 6.07) is 39.8. The van der Waals surface area contributed by atoms with Gasteiger partial charge in [0.25, 0.3) is 0 Å². The van der Waals surface area contributed by atoms with Crippen LogP contribution in [0, 0.1) is 13.8 Å². The zero-order valence-corrected chi connectivity index (χ0v) is 32.5. The van der Waals surface area contributed by atoms with Crippen molar-refractivity contribution in [2.24, 2.45) is 0 Å². The molecule has 1 amide bonds. The third kappa shape index (κ3) is 11.6. The van der Waals surface area contributed by atoms with Crippen LogP contribution in [-0.2, 0) is 24.6 Å². The summed E-state index contributed by atoms with van der Waals surface area (Å²) in [5.74, 6) is 0.910. The molecule has 0 saturated heterocycles. The molecule has 7 rings (SSSR count). The van der Waals surface area contributed by atoms with E-state index >= 15 is 0 Å². The molecule has 0 bridgehead atoms. The van der Waals surface area contributed by atoms with Gasteiger partial charge in [-0.3, -0.25) is 14.5 Å². The van der Waals surface area contributed by atoms with E-state index in [0.717, 1.165) is 39.6 Å². The van der Waals surface area contributed by atoms with Gasteiger partial charge in [0.1, 0.15) is 60.4 Å². The average Bonchev–Trinajstić information content (AvgIpc) is 3.84. The lowest BCUT2D eigenvalue weighted by Gasteiger charge is -2.20. The number of benzene rings is 5. The Bertz CT molecular complexity index is 2470. The molecule has 15 heteroatoms. The number of carboxylic acids is 1. The van der Waals surface area contributed by atoms with Gasteiger partial charge in [-0.05, 0) is 92.2 Å². The van der Waals surface area contributed by atoms with E-state index in [2.05, 4.69) is 20.4 Å². The molecule has 2 heterocycles. The van der Waals surface area contributed by atoms with Gasteiger partial charge in [-0.15, -0.1) is 10.2 Å². The largest absolute Gasteiger partial charge is 0.497 e. The van der Waals surface area contributed by atoms with E-state index in [1.807, 2.05) is 80.6 Å². The number of rotatable bonds is 15. The van der Waals surface area contributed by atoms with Gasteiger partial charge in [0, 0.05) is 12.1 Å². The number of carbonyl (C=O) groups is 3. The lowest BCUT2D eigenvalue weighted by molar-refractivity contribution is -0.138. The molecule has 0 aliphatic carbocycles. The highest BCUT2D eigenvalue weighted by molar-refractivity contribution is 5.78. The Labute approximate surface area is 340 Å². The van der Waals surface area contributed by atoms with Crippen molar-refractivity contribution in [2.75, 3.05) is 13.7 Å². The maximum Gasteiger partial charge on any atom is 0.416 e. The second kappa shape index (κ2) is 19.9. The first-order chi connectivity index (χ1) is 28.7. The van der Waals surface area contributed by atoms with Crippen LogP contribution >= 0.6 is 0 Å². The molecule has 300 valence electrons. The summed E-state index contributed by atoms with van der Waals surface area (Å²) in [7, 11) is 1.53. The molecule has 1 N–H and O–H groups in total. The van der Waals surface area contributed by atoms with Crippen molar-refractivity contribution in [3.63, 3.8) is 0 Å². The Morgan fingerprint density at radius 2 is 1.17 bits per heavy atom. The van der Waals surface area contributed by atoms with Crippen LogP contribution in [0.4, 0.5) is 4.79 Å². The first kappa shape index (κ1) is 40.8. The number of methoxy groups -OCH3 is 1. The average molecular weight is 796 g/mol. The third-order valence-electron chi connectivity index (χ3n) is 8.60. The number of para-hydroxylation sites is 2. The van der Waals surface area contributed by atoms with Gasteiger partial charge in [-0.1, -0.05) is 60.7 Å². The molecule has 0 spiro atoms. The Hall–Kier alpha value is -7.81. The highest BCUT2D eigenvalue weighted by Gasteiger charge is 2.20. The van der Waals surface area contributed by atoms with Crippen molar-refractivity contribution >= 4 is 18.3 Å². The fourth-order valence-corrected chi connectivity index (χ4v) is 5.53. The second-order valence-electron chi connectivity index (χ2n) is 12.9. The number of aldehydes is 1. The Balaban J connectivity index is 0.000000226. The van der Waals surface area contributed by atoms with Crippen LogP contribution < -0.4 is 18.9 Å². The van der Waals surface area contributed by atoms with Crippen LogP contribution in [0.15, 0.2) is 133 Å². The Morgan fingerprint density at radius 1 is 0.644 bits per heavy atom. The number of aromatic nitrogens is 6. The van der Waals surface area contributed by atoms with Gasteiger partial charge in [-0.2, -0.15) is 19.8 Å².